The van der Waals surface area contributed by atoms with Crippen LogP contribution < -0.4 is 10.6 Å². The van der Waals surface area contributed by atoms with E-state index in [-0.39, 0.29) is 11.2 Å². The van der Waals surface area contributed by atoms with Crippen molar-refractivity contribution in [3.8, 4) is 0 Å². The molecule has 1 aromatic rings. The van der Waals surface area contributed by atoms with E-state index >= 15 is 0 Å². The van der Waals surface area contributed by atoms with Crippen LogP contribution in [0.25, 0.3) is 0 Å². The van der Waals surface area contributed by atoms with Crippen LogP contribution in [0.4, 0.5) is 10.2 Å². The van der Waals surface area contributed by atoms with Crippen LogP contribution >= 0.6 is 0 Å². The molecule has 1 fully saturated rings. The number of nitrogens with one attached hydrogen (secondary N) is 2. The van der Waals surface area contributed by atoms with E-state index in [0.717, 1.165) is 26.1 Å². The highest BCUT2D eigenvalue weighted by molar-refractivity contribution is 5.35. The van der Waals surface area contributed by atoms with Crippen molar-refractivity contribution in [1.82, 2.24) is 10.3 Å². The molecule has 1 aromatic heterocycles. The number of piperidine rings is 1. The van der Waals surface area contributed by atoms with E-state index in [1.165, 1.54) is 18.9 Å². The Hall–Kier alpha value is -1.16. The van der Waals surface area contributed by atoms with Crippen LogP contribution in [-0.4, -0.2) is 24.6 Å². The Morgan fingerprint density at radius 3 is 3.12 bits per heavy atom. The number of hydrogen-bond acceptors (Lipinski definition) is 3. The molecule has 1 aliphatic heterocycles. The minimum atomic E-state index is -0.275. The number of anilines is 1. The zero-order valence-electron chi connectivity index (χ0n) is 10.3. The maximum Gasteiger partial charge on any atom is 0.165 e. The van der Waals surface area contributed by atoms with Gasteiger partial charge in [-0.25, -0.2) is 9.37 Å². The van der Waals surface area contributed by atoms with Gasteiger partial charge in [0.2, 0.25) is 0 Å². The topological polar surface area (TPSA) is 37.0 Å². The molecule has 0 radical (unpaired) electrons. The van der Waals surface area contributed by atoms with E-state index in [1.807, 2.05) is 0 Å². The van der Waals surface area contributed by atoms with Crippen molar-refractivity contribution in [3.05, 3.63) is 24.1 Å². The molecule has 0 aromatic carbocycles. The zero-order chi connectivity index (χ0) is 12.1. The fourth-order valence-corrected chi connectivity index (χ4v) is 2.39. The molecule has 0 aliphatic carbocycles. The van der Waals surface area contributed by atoms with E-state index < -0.39 is 0 Å². The van der Waals surface area contributed by atoms with Crippen LogP contribution in [0, 0.1) is 11.2 Å². The third kappa shape index (κ3) is 2.94. The summed E-state index contributed by atoms with van der Waals surface area (Å²) in [6, 6.07) is 3.05. The Balaban J connectivity index is 1.98. The average molecular weight is 237 g/mol. The minimum absolute atomic E-state index is 0.238. The van der Waals surface area contributed by atoms with Crippen LogP contribution in [0.1, 0.15) is 26.2 Å². The van der Waals surface area contributed by atoms with Crippen molar-refractivity contribution in [2.24, 2.45) is 5.41 Å². The predicted molar refractivity (Wildman–Crippen MR) is 67.5 cm³/mol. The molecule has 3 nitrogen and oxygen atoms in total. The van der Waals surface area contributed by atoms with Gasteiger partial charge in [0, 0.05) is 19.3 Å². The normalized spacial score (nSPS) is 24.6. The van der Waals surface area contributed by atoms with E-state index in [2.05, 4.69) is 22.5 Å². The fraction of sp³-hybridized carbons (Fsp3) is 0.615. The van der Waals surface area contributed by atoms with Crippen LogP contribution in [0.5, 0.6) is 0 Å². The van der Waals surface area contributed by atoms with Gasteiger partial charge in [0.15, 0.2) is 11.6 Å². The van der Waals surface area contributed by atoms with Crippen LogP contribution in [0.3, 0.4) is 0 Å². The summed E-state index contributed by atoms with van der Waals surface area (Å²) in [5.74, 6) is 0.0911. The maximum atomic E-state index is 13.4. The fourth-order valence-electron chi connectivity index (χ4n) is 2.39. The molecule has 1 atom stereocenters. The Morgan fingerprint density at radius 1 is 1.59 bits per heavy atom. The second-order valence-electron chi connectivity index (χ2n) is 4.82. The summed E-state index contributed by atoms with van der Waals surface area (Å²) in [5.41, 5.74) is 0.238. The molecule has 0 spiro atoms. The first-order valence-corrected chi connectivity index (χ1v) is 6.31. The Bertz CT molecular complexity index is 361. The Morgan fingerprint density at radius 2 is 2.47 bits per heavy atom. The van der Waals surface area contributed by atoms with Gasteiger partial charge in [-0.2, -0.15) is 0 Å². The highest BCUT2D eigenvalue weighted by Crippen LogP contribution is 2.30. The molecule has 0 bridgehead atoms. The lowest BCUT2D eigenvalue weighted by molar-refractivity contribution is 0.216. The second kappa shape index (κ2) is 5.45. The van der Waals surface area contributed by atoms with Gasteiger partial charge in [-0.05, 0) is 43.4 Å². The molecule has 17 heavy (non-hydrogen) atoms. The van der Waals surface area contributed by atoms with Gasteiger partial charge in [0.05, 0.1) is 0 Å². The first-order chi connectivity index (χ1) is 8.26. The van der Waals surface area contributed by atoms with Crippen LogP contribution in [-0.2, 0) is 0 Å². The van der Waals surface area contributed by atoms with Crippen molar-refractivity contribution >= 4 is 5.82 Å². The number of aromatic nitrogens is 1. The predicted octanol–water partition coefficient (Wildman–Crippen LogP) is 2.41. The summed E-state index contributed by atoms with van der Waals surface area (Å²) < 4.78 is 13.4. The quantitative estimate of drug-likeness (QED) is 0.844. The first kappa shape index (κ1) is 12.3. The van der Waals surface area contributed by atoms with Crippen LogP contribution in [0.15, 0.2) is 18.3 Å². The molecule has 0 saturated carbocycles. The summed E-state index contributed by atoms with van der Waals surface area (Å²) in [4.78, 5) is 4.02. The standard InChI is InChI=1S/C13H20FN3/c1-2-13(6-4-7-15-9-13)10-17-12-11(14)5-3-8-16-12/h3,5,8,15H,2,4,6-7,9-10H2,1H3,(H,16,17). The molecule has 2 N–H and O–H groups in total. The SMILES string of the molecule is CCC1(CNc2ncccc2F)CCCNC1. The van der Waals surface area contributed by atoms with E-state index in [1.54, 1.807) is 12.3 Å². The molecule has 4 heteroatoms. The molecular formula is C13H20FN3. The second-order valence-corrected chi connectivity index (χ2v) is 4.82. The van der Waals surface area contributed by atoms with Crippen molar-refractivity contribution in [2.45, 2.75) is 26.2 Å². The summed E-state index contributed by atoms with van der Waals surface area (Å²) in [6.45, 7) is 5.08. The summed E-state index contributed by atoms with van der Waals surface area (Å²) >= 11 is 0. The third-order valence-corrected chi connectivity index (χ3v) is 3.70. The molecule has 1 saturated heterocycles. The number of rotatable bonds is 4. The first-order valence-electron chi connectivity index (χ1n) is 6.31. The molecule has 94 valence electrons. The highest BCUT2D eigenvalue weighted by Gasteiger charge is 2.30. The lowest BCUT2D eigenvalue weighted by Gasteiger charge is -2.37. The molecule has 1 unspecified atom stereocenters. The molecule has 1 aliphatic rings. The van der Waals surface area contributed by atoms with Gasteiger partial charge in [0.25, 0.3) is 0 Å². The number of hydrogen-bond donors (Lipinski definition) is 2. The van der Waals surface area contributed by atoms with Gasteiger partial charge in [-0.1, -0.05) is 6.92 Å². The van der Waals surface area contributed by atoms with Gasteiger partial charge in [-0.15, -0.1) is 0 Å². The Labute approximate surface area is 102 Å². The van der Waals surface area contributed by atoms with Crippen molar-refractivity contribution < 1.29 is 4.39 Å². The smallest absolute Gasteiger partial charge is 0.165 e. The van der Waals surface area contributed by atoms with Crippen molar-refractivity contribution in [3.63, 3.8) is 0 Å². The summed E-state index contributed by atoms with van der Waals surface area (Å²) in [6.07, 6.45) is 5.10. The monoisotopic (exact) mass is 237 g/mol. The van der Waals surface area contributed by atoms with E-state index in [9.17, 15) is 4.39 Å². The minimum Gasteiger partial charge on any atom is -0.367 e. The molecule has 2 rings (SSSR count). The van der Waals surface area contributed by atoms with Gasteiger partial charge >= 0.3 is 0 Å². The summed E-state index contributed by atoms with van der Waals surface area (Å²) in [5, 5.41) is 6.57. The maximum absolute atomic E-state index is 13.4. The number of halogens is 1. The summed E-state index contributed by atoms with van der Waals surface area (Å²) in [7, 11) is 0. The van der Waals surface area contributed by atoms with E-state index in [4.69, 9.17) is 0 Å². The highest BCUT2D eigenvalue weighted by atomic mass is 19.1. The van der Waals surface area contributed by atoms with Gasteiger partial charge in [-0.3, -0.25) is 0 Å². The lowest BCUT2D eigenvalue weighted by Crippen LogP contribution is -2.44. The Kier molecular flexibility index (Phi) is 3.94. The molecular weight excluding hydrogens is 217 g/mol. The third-order valence-electron chi connectivity index (χ3n) is 3.70. The van der Waals surface area contributed by atoms with Crippen molar-refractivity contribution in [2.75, 3.05) is 25.0 Å². The van der Waals surface area contributed by atoms with Gasteiger partial charge in [0.1, 0.15) is 0 Å². The largest absolute Gasteiger partial charge is 0.367 e. The average Bonchev–Trinajstić information content (AvgIpc) is 2.39. The van der Waals surface area contributed by atoms with Crippen LogP contribution in [0.2, 0.25) is 0 Å². The molecule has 0 amide bonds. The van der Waals surface area contributed by atoms with Gasteiger partial charge < -0.3 is 10.6 Å². The number of nitrogens with zero attached hydrogens (tertiary/aromatic N) is 1. The molecule has 2 heterocycles. The van der Waals surface area contributed by atoms with E-state index in [0.29, 0.717) is 5.82 Å². The number of pyridine rings is 1. The van der Waals surface area contributed by atoms with Crippen molar-refractivity contribution in [1.29, 1.82) is 0 Å². The zero-order valence-corrected chi connectivity index (χ0v) is 10.3. The lowest BCUT2D eigenvalue weighted by atomic mass is 9.78.